The van der Waals surface area contributed by atoms with E-state index in [9.17, 15) is 9.59 Å². The molecule has 1 fully saturated rings. The van der Waals surface area contributed by atoms with Crippen molar-refractivity contribution in [3.8, 4) is 11.3 Å². The maximum atomic E-state index is 12.6. The van der Waals surface area contributed by atoms with Crippen molar-refractivity contribution in [2.75, 3.05) is 38.1 Å². The van der Waals surface area contributed by atoms with Crippen molar-refractivity contribution in [3.05, 3.63) is 82.6 Å². The number of likely N-dealkylation sites (N-methyl/N-ethyl adjacent to an activating group) is 1. The Bertz CT molecular complexity index is 1090. The van der Waals surface area contributed by atoms with Gasteiger partial charge in [-0.1, -0.05) is 48.5 Å². The maximum absolute atomic E-state index is 12.6. The predicted octanol–water partition coefficient (Wildman–Crippen LogP) is 1.98. The van der Waals surface area contributed by atoms with Crippen LogP contribution in [0.1, 0.15) is 5.56 Å². The van der Waals surface area contributed by atoms with E-state index in [4.69, 9.17) is 0 Å². The molecule has 0 bridgehead atoms. The number of nitrogens with zero attached hydrogens (tertiary/aromatic N) is 4. The highest BCUT2D eigenvalue weighted by atomic mass is 16.2. The fourth-order valence-electron chi connectivity index (χ4n) is 3.73. The van der Waals surface area contributed by atoms with Crippen LogP contribution < -0.4 is 15.8 Å². The lowest BCUT2D eigenvalue weighted by Crippen LogP contribution is -2.45. The van der Waals surface area contributed by atoms with Crippen LogP contribution in [0.2, 0.25) is 0 Å². The minimum atomic E-state index is -0.298. The van der Waals surface area contributed by atoms with Crippen LogP contribution in [-0.4, -0.2) is 53.8 Å². The van der Waals surface area contributed by atoms with Gasteiger partial charge in [0.2, 0.25) is 5.91 Å². The van der Waals surface area contributed by atoms with E-state index in [0.717, 1.165) is 43.0 Å². The van der Waals surface area contributed by atoms with Crippen molar-refractivity contribution >= 4 is 11.6 Å². The SMILES string of the molecule is CN1CCN(c2ccccc2CNC(=O)Cn2nc(-c3ccccc3)ccc2=O)CC1. The molecule has 4 rings (SSSR count). The summed E-state index contributed by atoms with van der Waals surface area (Å²) in [5.41, 5.74) is 3.48. The summed E-state index contributed by atoms with van der Waals surface area (Å²) in [6, 6.07) is 20.9. The Morgan fingerprint density at radius 1 is 0.935 bits per heavy atom. The molecule has 0 unspecified atom stereocenters. The van der Waals surface area contributed by atoms with Crippen LogP contribution in [0, 0.1) is 0 Å². The molecule has 160 valence electrons. The third kappa shape index (κ3) is 5.19. The Balaban J connectivity index is 1.42. The number of para-hydroxylation sites is 1. The van der Waals surface area contributed by atoms with Crippen molar-refractivity contribution in [3.63, 3.8) is 0 Å². The molecule has 0 radical (unpaired) electrons. The molecule has 0 atom stereocenters. The Labute approximate surface area is 181 Å². The zero-order valence-electron chi connectivity index (χ0n) is 17.7. The van der Waals surface area contributed by atoms with Crippen molar-refractivity contribution < 1.29 is 4.79 Å². The summed E-state index contributed by atoms with van der Waals surface area (Å²) in [4.78, 5) is 29.5. The Morgan fingerprint density at radius 2 is 1.65 bits per heavy atom. The molecule has 7 heteroatoms. The summed E-state index contributed by atoms with van der Waals surface area (Å²) in [6.07, 6.45) is 0. The molecule has 0 saturated carbocycles. The second-order valence-electron chi connectivity index (χ2n) is 7.78. The molecule has 31 heavy (non-hydrogen) atoms. The number of benzene rings is 2. The minimum Gasteiger partial charge on any atom is -0.369 e. The third-order valence-electron chi connectivity index (χ3n) is 5.54. The lowest BCUT2D eigenvalue weighted by atomic mass is 10.1. The molecule has 2 heterocycles. The molecular weight excluding hydrogens is 390 g/mol. The number of aromatic nitrogens is 2. The first-order valence-electron chi connectivity index (χ1n) is 10.5. The summed E-state index contributed by atoms with van der Waals surface area (Å²) in [5, 5.41) is 7.31. The van der Waals surface area contributed by atoms with Crippen molar-refractivity contribution in [1.82, 2.24) is 20.0 Å². The number of hydrogen-bond donors (Lipinski definition) is 1. The van der Waals surface area contributed by atoms with Gasteiger partial charge in [-0.2, -0.15) is 5.10 Å². The molecule has 1 aliphatic heterocycles. The van der Waals surface area contributed by atoms with Crippen LogP contribution in [0.4, 0.5) is 5.69 Å². The largest absolute Gasteiger partial charge is 0.369 e. The van der Waals surface area contributed by atoms with E-state index in [1.807, 2.05) is 48.5 Å². The zero-order chi connectivity index (χ0) is 21.6. The quantitative estimate of drug-likeness (QED) is 0.664. The molecule has 7 nitrogen and oxygen atoms in total. The summed E-state index contributed by atoms with van der Waals surface area (Å²) in [7, 11) is 2.13. The predicted molar refractivity (Wildman–Crippen MR) is 122 cm³/mol. The number of carbonyl (C=O) groups is 1. The van der Waals surface area contributed by atoms with Gasteiger partial charge in [-0.05, 0) is 24.7 Å². The molecule has 1 aromatic heterocycles. The second-order valence-corrected chi connectivity index (χ2v) is 7.78. The number of anilines is 1. The molecule has 0 aliphatic carbocycles. The van der Waals surface area contributed by atoms with Crippen molar-refractivity contribution in [1.29, 1.82) is 0 Å². The van der Waals surface area contributed by atoms with Gasteiger partial charge in [0.1, 0.15) is 6.54 Å². The molecule has 1 aliphatic rings. The zero-order valence-corrected chi connectivity index (χ0v) is 17.7. The monoisotopic (exact) mass is 417 g/mol. The van der Waals surface area contributed by atoms with Gasteiger partial charge in [0, 0.05) is 50.0 Å². The number of hydrogen-bond acceptors (Lipinski definition) is 5. The van der Waals surface area contributed by atoms with E-state index < -0.39 is 0 Å². The molecule has 0 spiro atoms. The summed E-state index contributed by atoms with van der Waals surface area (Å²) >= 11 is 0. The van der Waals surface area contributed by atoms with Gasteiger partial charge in [0.05, 0.1) is 5.69 Å². The van der Waals surface area contributed by atoms with Gasteiger partial charge in [0.25, 0.3) is 5.56 Å². The normalized spacial score (nSPS) is 14.4. The molecule has 3 aromatic rings. The lowest BCUT2D eigenvalue weighted by Gasteiger charge is -2.35. The van der Waals surface area contributed by atoms with Gasteiger partial charge in [0.15, 0.2) is 0 Å². The van der Waals surface area contributed by atoms with Gasteiger partial charge in [-0.3, -0.25) is 9.59 Å². The standard InChI is InChI=1S/C24H27N5O2/c1-27-13-15-28(16-14-27)22-10-6-5-9-20(22)17-25-23(30)18-29-24(31)12-11-21(26-29)19-7-3-2-4-8-19/h2-12H,13-18H2,1H3,(H,25,30). The Morgan fingerprint density at radius 3 is 2.42 bits per heavy atom. The Kier molecular flexibility index (Phi) is 6.43. The summed E-state index contributed by atoms with van der Waals surface area (Å²) < 4.78 is 1.21. The number of nitrogens with one attached hydrogen (secondary N) is 1. The van der Waals surface area contributed by atoms with E-state index in [0.29, 0.717) is 12.2 Å². The highest BCUT2D eigenvalue weighted by molar-refractivity contribution is 5.76. The van der Waals surface area contributed by atoms with E-state index in [2.05, 4.69) is 33.3 Å². The third-order valence-corrected chi connectivity index (χ3v) is 5.54. The smallest absolute Gasteiger partial charge is 0.267 e. The topological polar surface area (TPSA) is 70.5 Å². The van der Waals surface area contributed by atoms with Crippen molar-refractivity contribution in [2.45, 2.75) is 13.1 Å². The van der Waals surface area contributed by atoms with Crippen molar-refractivity contribution in [2.24, 2.45) is 0 Å². The highest BCUT2D eigenvalue weighted by Gasteiger charge is 2.17. The second kappa shape index (κ2) is 9.57. The molecule has 1 amide bonds. The highest BCUT2D eigenvalue weighted by Crippen LogP contribution is 2.21. The first-order chi connectivity index (χ1) is 15.1. The van der Waals surface area contributed by atoms with Crippen LogP contribution in [0.25, 0.3) is 11.3 Å². The minimum absolute atomic E-state index is 0.115. The molecule has 1 N–H and O–H groups in total. The number of piperazine rings is 1. The van der Waals surface area contributed by atoms with Crippen LogP contribution in [-0.2, 0) is 17.9 Å². The van der Waals surface area contributed by atoms with Gasteiger partial charge < -0.3 is 15.1 Å². The van der Waals surface area contributed by atoms with E-state index in [-0.39, 0.29) is 18.0 Å². The van der Waals surface area contributed by atoms with Crippen LogP contribution in [0.15, 0.2) is 71.5 Å². The average Bonchev–Trinajstić information content (AvgIpc) is 2.80. The average molecular weight is 418 g/mol. The van der Waals surface area contributed by atoms with Crippen LogP contribution in [0.5, 0.6) is 0 Å². The first-order valence-corrected chi connectivity index (χ1v) is 10.5. The van der Waals surface area contributed by atoms with Crippen LogP contribution in [0.3, 0.4) is 0 Å². The lowest BCUT2D eigenvalue weighted by molar-refractivity contribution is -0.122. The van der Waals surface area contributed by atoms with Gasteiger partial charge >= 0.3 is 0 Å². The Hall–Kier alpha value is -3.45. The van der Waals surface area contributed by atoms with E-state index in [1.165, 1.54) is 10.7 Å². The fourth-order valence-corrected chi connectivity index (χ4v) is 3.73. The molecule has 1 saturated heterocycles. The number of rotatable bonds is 6. The first kappa shape index (κ1) is 20.8. The van der Waals surface area contributed by atoms with E-state index >= 15 is 0 Å². The molecular formula is C24H27N5O2. The summed E-state index contributed by atoms with van der Waals surface area (Å²) in [6.45, 7) is 4.27. The number of carbonyl (C=O) groups excluding carboxylic acids is 1. The maximum Gasteiger partial charge on any atom is 0.267 e. The molecule has 2 aromatic carbocycles. The van der Waals surface area contributed by atoms with Gasteiger partial charge in [-0.25, -0.2) is 4.68 Å². The van der Waals surface area contributed by atoms with E-state index in [1.54, 1.807) is 6.07 Å². The van der Waals surface area contributed by atoms with Crippen LogP contribution >= 0.6 is 0 Å². The summed E-state index contributed by atoms with van der Waals surface area (Å²) in [5.74, 6) is -0.243. The van der Waals surface area contributed by atoms with Gasteiger partial charge in [-0.15, -0.1) is 0 Å². The fraction of sp³-hybridized carbons (Fsp3) is 0.292. The number of amides is 1.